The molecular formula is C24H19NO3. The Morgan fingerprint density at radius 1 is 0.714 bits per heavy atom. The van der Waals surface area contributed by atoms with Crippen LogP contribution in [-0.4, -0.2) is 22.3 Å². The van der Waals surface area contributed by atoms with Crippen LogP contribution in [0.15, 0.2) is 72.9 Å². The van der Waals surface area contributed by atoms with Crippen LogP contribution >= 0.6 is 0 Å². The van der Waals surface area contributed by atoms with Gasteiger partial charge in [0.25, 0.3) is 0 Å². The van der Waals surface area contributed by atoms with E-state index < -0.39 is 17.3 Å². The van der Waals surface area contributed by atoms with Gasteiger partial charge in [0.05, 0.1) is 0 Å². The van der Waals surface area contributed by atoms with Crippen molar-refractivity contribution in [2.45, 2.75) is 24.7 Å². The lowest BCUT2D eigenvalue weighted by atomic mass is 9.54. The Labute approximate surface area is 162 Å². The van der Waals surface area contributed by atoms with E-state index in [0.717, 1.165) is 11.3 Å². The number of Topliss-reactive ketones (excluding diaryl/α,β-unsaturated/α-hetero) is 3. The molecule has 4 heteroatoms. The lowest BCUT2D eigenvalue weighted by Crippen LogP contribution is -2.49. The third-order valence-electron chi connectivity index (χ3n) is 6.33. The van der Waals surface area contributed by atoms with E-state index in [2.05, 4.69) is 4.98 Å². The molecule has 1 heterocycles. The molecule has 3 aromatic rings. The second-order valence-electron chi connectivity index (χ2n) is 7.66. The molecule has 2 aliphatic rings. The SMILES string of the molecule is O=C1C[C@H](c2ccc[nH]2)C2(C(=O)c3ccccc3C2=O)[C@H](c2ccccc2)C1. The number of hydrogen-bond acceptors (Lipinski definition) is 3. The first-order valence-electron chi connectivity index (χ1n) is 9.52. The molecule has 4 nitrogen and oxygen atoms in total. The summed E-state index contributed by atoms with van der Waals surface area (Å²) in [6, 6.07) is 20.3. The number of rotatable bonds is 2. The van der Waals surface area contributed by atoms with Gasteiger partial charge in [-0.15, -0.1) is 0 Å². The molecule has 5 rings (SSSR count). The number of carbonyl (C=O) groups excluding carboxylic acids is 3. The maximum absolute atomic E-state index is 13.8. The Morgan fingerprint density at radius 2 is 1.32 bits per heavy atom. The third-order valence-corrected chi connectivity index (χ3v) is 6.33. The van der Waals surface area contributed by atoms with Gasteiger partial charge in [0.2, 0.25) is 0 Å². The molecule has 2 aromatic carbocycles. The summed E-state index contributed by atoms with van der Waals surface area (Å²) in [5, 5.41) is 0. The Morgan fingerprint density at radius 3 is 1.93 bits per heavy atom. The highest BCUT2D eigenvalue weighted by molar-refractivity contribution is 6.31. The van der Waals surface area contributed by atoms with Gasteiger partial charge in [0, 0.05) is 47.7 Å². The van der Waals surface area contributed by atoms with Gasteiger partial charge in [0.1, 0.15) is 11.2 Å². The molecule has 0 aliphatic heterocycles. The number of aromatic nitrogens is 1. The molecular weight excluding hydrogens is 350 g/mol. The summed E-state index contributed by atoms with van der Waals surface area (Å²) >= 11 is 0. The van der Waals surface area contributed by atoms with Crippen LogP contribution in [0.25, 0.3) is 0 Å². The van der Waals surface area contributed by atoms with E-state index in [1.807, 2.05) is 42.5 Å². The number of ketones is 3. The van der Waals surface area contributed by atoms with Crippen LogP contribution in [-0.2, 0) is 4.79 Å². The van der Waals surface area contributed by atoms with Crippen LogP contribution in [0.3, 0.4) is 0 Å². The minimum absolute atomic E-state index is 0.0793. The van der Waals surface area contributed by atoms with E-state index in [4.69, 9.17) is 0 Å². The lowest BCUT2D eigenvalue weighted by Gasteiger charge is -2.44. The summed E-state index contributed by atoms with van der Waals surface area (Å²) in [6.45, 7) is 0. The highest BCUT2D eigenvalue weighted by Gasteiger charge is 2.64. The highest BCUT2D eigenvalue weighted by atomic mass is 16.2. The zero-order chi connectivity index (χ0) is 19.3. The average Bonchev–Trinajstić information content (AvgIpc) is 3.33. The topological polar surface area (TPSA) is 67.0 Å². The van der Waals surface area contributed by atoms with Gasteiger partial charge in [0.15, 0.2) is 11.6 Å². The fourth-order valence-electron chi connectivity index (χ4n) is 5.15. The van der Waals surface area contributed by atoms with Crippen LogP contribution in [0.2, 0.25) is 0 Å². The maximum atomic E-state index is 13.8. The van der Waals surface area contributed by atoms with Gasteiger partial charge in [-0.1, -0.05) is 54.6 Å². The van der Waals surface area contributed by atoms with E-state index in [1.165, 1.54) is 0 Å². The average molecular weight is 369 g/mol. The number of fused-ring (bicyclic) bond motifs is 1. The molecule has 1 aromatic heterocycles. The number of aromatic amines is 1. The minimum atomic E-state index is -1.29. The highest BCUT2D eigenvalue weighted by Crippen LogP contribution is 2.59. The van der Waals surface area contributed by atoms with Crippen molar-refractivity contribution in [3.05, 3.63) is 95.3 Å². The van der Waals surface area contributed by atoms with Crippen LogP contribution < -0.4 is 0 Å². The van der Waals surface area contributed by atoms with E-state index >= 15 is 0 Å². The number of benzene rings is 2. The Bertz CT molecular complexity index is 1050. The van der Waals surface area contributed by atoms with Gasteiger partial charge in [-0.25, -0.2) is 0 Å². The molecule has 28 heavy (non-hydrogen) atoms. The Kier molecular flexibility index (Phi) is 3.69. The Hall–Kier alpha value is -3.27. The van der Waals surface area contributed by atoms with Crippen LogP contribution in [0.4, 0.5) is 0 Å². The van der Waals surface area contributed by atoms with Crippen molar-refractivity contribution in [1.29, 1.82) is 0 Å². The largest absolute Gasteiger partial charge is 0.365 e. The zero-order valence-corrected chi connectivity index (χ0v) is 15.2. The predicted molar refractivity (Wildman–Crippen MR) is 104 cm³/mol. The fraction of sp³-hybridized carbons (Fsp3) is 0.208. The smallest absolute Gasteiger partial charge is 0.178 e. The molecule has 1 saturated carbocycles. The first-order valence-corrected chi connectivity index (χ1v) is 9.52. The predicted octanol–water partition coefficient (Wildman–Crippen LogP) is 4.31. The van der Waals surface area contributed by atoms with Crippen molar-refractivity contribution >= 4 is 17.3 Å². The summed E-state index contributed by atoms with van der Waals surface area (Å²) in [4.78, 5) is 43.6. The molecule has 2 atom stereocenters. The van der Waals surface area contributed by atoms with Crippen LogP contribution in [0, 0.1) is 5.41 Å². The first-order chi connectivity index (χ1) is 13.6. The molecule has 1 spiro atoms. The summed E-state index contributed by atoms with van der Waals surface area (Å²) in [7, 11) is 0. The first kappa shape index (κ1) is 16.9. The van der Waals surface area contributed by atoms with Crippen LogP contribution in [0.5, 0.6) is 0 Å². The van der Waals surface area contributed by atoms with Crippen LogP contribution in [0.1, 0.15) is 56.7 Å². The second-order valence-corrected chi connectivity index (χ2v) is 7.66. The number of nitrogens with one attached hydrogen (secondary N) is 1. The van der Waals surface area contributed by atoms with Crippen molar-refractivity contribution in [1.82, 2.24) is 4.98 Å². The monoisotopic (exact) mass is 369 g/mol. The number of carbonyl (C=O) groups is 3. The van der Waals surface area contributed by atoms with Gasteiger partial charge in [-0.3, -0.25) is 14.4 Å². The van der Waals surface area contributed by atoms with Gasteiger partial charge in [-0.2, -0.15) is 0 Å². The quantitative estimate of drug-likeness (QED) is 0.685. The van der Waals surface area contributed by atoms with E-state index in [-0.39, 0.29) is 30.2 Å². The van der Waals surface area contributed by atoms with Crippen molar-refractivity contribution < 1.29 is 14.4 Å². The summed E-state index contributed by atoms with van der Waals surface area (Å²) in [6.07, 6.45) is 2.17. The summed E-state index contributed by atoms with van der Waals surface area (Å²) in [5.41, 5.74) is 1.29. The van der Waals surface area contributed by atoms with E-state index in [0.29, 0.717) is 11.1 Å². The minimum Gasteiger partial charge on any atom is -0.365 e. The molecule has 1 fully saturated rings. The standard InChI is InChI=1S/C24H19NO3/c26-16-13-19(15-7-2-1-3-8-15)24(20(14-16)21-11-6-12-25-21)22(27)17-9-4-5-10-18(17)23(24)28/h1-12,19-20,25H,13-14H2/t19-,20+/m0/s1. The van der Waals surface area contributed by atoms with Crippen molar-refractivity contribution in [2.24, 2.45) is 5.41 Å². The number of H-pyrrole nitrogens is 1. The molecule has 0 unspecified atom stereocenters. The molecule has 0 amide bonds. The van der Waals surface area contributed by atoms with Gasteiger partial charge in [-0.05, 0) is 17.7 Å². The third kappa shape index (κ3) is 2.15. The number of hydrogen-bond donors (Lipinski definition) is 1. The maximum Gasteiger partial charge on any atom is 0.178 e. The molecule has 0 bridgehead atoms. The molecule has 2 aliphatic carbocycles. The molecule has 138 valence electrons. The van der Waals surface area contributed by atoms with Crippen molar-refractivity contribution in [3.63, 3.8) is 0 Å². The fourth-order valence-corrected chi connectivity index (χ4v) is 5.15. The summed E-state index contributed by atoms with van der Waals surface area (Å²) < 4.78 is 0. The molecule has 0 saturated heterocycles. The van der Waals surface area contributed by atoms with Gasteiger partial charge < -0.3 is 4.98 Å². The van der Waals surface area contributed by atoms with Crippen molar-refractivity contribution in [3.8, 4) is 0 Å². The zero-order valence-electron chi connectivity index (χ0n) is 15.2. The normalized spacial score (nSPS) is 23.2. The molecule has 0 radical (unpaired) electrons. The Balaban J connectivity index is 1.79. The van der Waals surface area contributed by atoms with E-state index in [9.17, 15) is 14.4 Å². The summed E-state index contributed by atoms with van der Waals surface area (Å²) in [5.74, 6) is -1.21. The lowest BCUT2D eigenvalue weighted by molar-refractivity contribution is -0.122. The van der Waals surface area contributed by atoms with Crippen molar-refractivity contribution in [2.75, 3.05) is 0 Å². The second kappa shape index (κ2) is 6.13. The van der Waals surface area contributed by atoms with E-state index in [1.54, 1.807) is 30.5 Å². The van der Waals surface area contributed by atoms with Gasteiger partial charge >= 0.3 is 0 Å². The molecule has 1 N–H and O–H groups in total.